The van der Waals surface area contributed by atoms with Crippen molar-refractivity contribution in [3.8, 4) is 0 Å². The summed E-state index contributed by atoms with van der Waals surface area (Å²) >= 11 is 3.51. The Balaban J connectivity index is 1.90. The van der Waals surface area contributed by atoms with Crippen molar-refractivity contribution in [1.29, 1.82) is 0 Å². The molecule has 1 atom stereocenters. The van der Waals surface area contributed by atoms with Crippen LogP contribution in [0.25, 0.3) is 0 Å². The largest absolute Gasteiger partial charge is 0.326 e. The van der Waals surface area contributed by atoms with Gasteiger partial charge in [0.15, 0.2) is 5.17 Å². The quantitative estimate of drug-likeness (QED) is 0.758. The molecule has 20 heavy (non-hydrogen) atoms. The highest BCUT2D eigenvalue weighted by atomic mass is 127. The van der Waals surface area contributed by atoms with Gasteiger partial charge in [0.05, 0.1) is 0 Å². The van der Waals surface area contributed by atoms with Crippen molar-refractivity contribution >= 4 is 57.0 Å². The van der Waals surface area contributed by atoms with Crippen LogP contribution in [-0.2, 0) is 9.59 Å². The minimum Gasteiger partial charge on any atom is -0.326 e. The topological polar surface area (TPSA) is 70.6 Å². The minimum atomic E-state index is -0.399. The van der Waals surface area contributed by atoms with Crippen molar-refractivity contribution in [3.05, 3.63) is 27.8 Å². The summed E-state index contributed by atoms with van der Waals surface area (Å²) in [5.41, 5.74) is 0.737. The molecule has 1 aliphatic rings. The van der Waals surface area contributed by atoms with Crippen LogP contribution in [0, 0.1) is 3.57 Å². The fourth-order valence-corrected chi connectivity index (χ4v) is 3.06. The monoisotopic (exact) mass is 403 g/mol. The van der Waals surface area contributed by atoms with Crippen molar-refractivity contribution < 1.29 is 9.59 Å². The van der Waals surface area contributed by atoms with Gasteiger partial charge in [-0.15, -0.1) is 0 Å². The van der Waals surface area contributed by atoms with Crippen LogP contribution in [0.3, 0.4) is 0 Å². The van der Waals surface area contributed by atoms with Crippen LogP contribution in [0.5, 0.6) is 0 Å². The Bertz CT molecular complexity index is 545. The van der Waals surface area contributed by atoms with E-state index in [4.69, 9.17) is 0 Å². The molecule has 106 valence electrons. The summed E-state index contributed by atoms with van der Waals surface area (Å²) in [5.74, 6) is -0.323. The zero-order valence-corrected chi connectivity index (χ0v) is 13.8. The molecule has 0 unspecified atom stereocenters. The second-order valence-corrected chi connectivity index (χ2v) is 6.57. The molecule has 2 N–H and O–H groups in total. The maximum absolute atomic E-state index is 11.9. The molecule has 1 saturated heterocycles. The molecule has 1 aliphatic heterocycles. The summed E-state index contributed by atoms with van der Waals surface area (Å²) in [4.78, 5) is 27.8. The molecule has 2 amide bonds. The standard InChI is InChI=1S/C13H14IN3O2S/c1-2-15-13-17-12(19)10(20-13)7-11(18)16-9-5-3-8(14)4-6-9/h3-6,10H,2,7H2,1H3,(H,16,18)(H,15,17,19)/t10-/m0/s1. The highest BCUT2D eigenvalue weighted by molar-refractivity contribution is 14.1. The number of carbonyl (C=O) groups is 2. The van der Waals surface area contributed by atoms with E-state index in [9.17, 15) is 9.59 Å². The first kappa shape index (κ1) is 15.3. The first-order valence-corrected chi connectivity index (χ1v) is 8.11. The Hall–Kier alpha value is -1.09. The van der Waals surface area contributed by atoms with Crippen LogP contribution in [0.2, 0.25) is 0 Å². The molecule has 7 heteroatoms. The Morgan fingerprint density at radius 3 is 2.80 bits per heavy atom. The SMILES string of the molecule is CCN=C1NC(=O)[C@H](CC(=O)Nc2ccc(I)cc2)S1. The van der Waals surface area contributed by atoms with Crippen LogP contribution in [-0.4, -0.2) is 28.8 Å². The average Bonchev–Trinajstić information content (AvgIpc) is 2.73. The number of amidine groups is 1. The zero-order chi connectivity index (χ0) is 14.5. The lowest BCUT2D eigenvalue weighted by molar-refractivity contribution is -0.122. The molecule has 1 heterocycles. The van der Waals surface area contributed by atoms with E-state index in [-0.39, 0.29) is 18.2 Å². The van der Waals surface area contributed by atoms with Crippen LogP contribution in [0.15, 0.2) is 29.3 Å². The molecule has 0 aromatic heterocycles. The van der Waals surface area contributed by atoms with E-state index in [1.54, 1.807) is 0 Å². The molecule has 1 aromatic rings. The third-order valence-electron chi connectivity index (χ3n) is 2.58. The number of anilines is 1. The molecule has 0 saturated carbocycles. The first-order valence-electron chi connectivity index (χ1n) is 6.16. The maximum atomic E-state index is 11.9. The summed E-state index contributed by atoms with van der Waals surface area (Å²) in [6.07, 6.45) is 0.144. The molecule has 5 nitrogen and oxygen atoms in total. The van der Waals surface area contributed by atoms with Gasteiger partial charge < -0.3 is 10.6 Å². The Labute approximate surface area is 135 Å². The number of hydrogen-bond donors (Lipinski definition) is 2. The van der Waals surface area contributed by atoms with Gasteiger partial charge in [-0.3, -0.25) is 14.6 Å². The van der Waals surface area contributed by atoms with E-state index in [0.29, 0.717) is 11.7 Å². The van der Waals surface area contributed by atoms with Gasteiger partial charge in [0, 0.05) is 22.2 Å². The van der Waals surface area contributed by atoms with Gasteiger partial charge >= 0.3 is 0 Å². The third-order valence-corrected chi connectivity index (χ3v) is 4.42. The molecule has 0 radical (unpaired) electrons. The zero-order valence-electron chi connectivity index (χ0n) is 10.9. The summed E-state index contributed by atoms with van der Waals surface area (Å²) in [6, 6.07) is 7.51. The minimum absolute atomic E-state index is 0.144. The van der Waals surface area contributed by atoms with Gasteiger partial charge in [0.1, 0.15) is 5.25 Å². The van der Waals surface area contributed by atoms with Crippen molar-refractivity contribution in [1.82, 2.24) is 5.32 Å². The van der Waals surface area contributed by atoms with Crippen LogP contribution in [0.1, 0.15) is 13.3 Å². The lowest BCUT2D eigenvalue weighted by Gasteiger charge is -2.07. The van der Waals surface area contributed by atoms with Gasteiger partial charge in [0.2, 0.25) is 11.8 Å². The first-order chi connectivity index (χ1) is 9.58. The molecule has 0 aliphatic carbocycles. The predicted molar refractivity (Wildman–Crippen MR) is 89.9 cm³/mol. The summed E-state index contributed by atoms with van der Waals surface area (Å²) in [5, 5.41) is 5.67. The Kier molecular flexibility index (Phi) is 5.41. The Morgan fingerprint density at radius 1 is 1.45 bits per heavy atom. The smallest absolute Gasteiger partial charge is 0.240 e. The molecule has 0 spiro atoms. The van der Waals surface area contributed by atoms with E-state index in [1.807, 2.05) is 31.2 Å². The van der Waals surface area contributed by atoms with E-state index < -0.39 is 5.25 Å². The number of benzene rings is 1. The number of halogens is 1. The maximum Gasteiger partial charge on any atom is 0.240 e. The van der Waals surface area contributed by atoms with Crippen LogP contribution in [0.4, 0.5) is 5.69 Å². The predicted octanol–water partition coefficient (Wildman–Crippen LogP) is 2.23. The molecular weight excluding hydrogens is 389 g/mol. The normalized spacial score (nSPS) is 20.0. The molecule has 2 rings (SSSR count). The lowest BCUT2D eigenvalue weighted by Crippen LogP contribution is -2.28. The third kappa shape index (κ3) is 4.20. The number of amides is 2. The fourth-order valence-electron chi connectivity index (χ4n) is 1.67. The highest BCUT2D eigenvalue weighted by Crippen LogP contribution is 2.23. The molecular formula is C13H14IN3O2S. The van der Waals surface area contributed by atoms with Crippen molar-refractivity contribution in [3.63, 3.8) is 0 Å². The van der Waals surface area contributed by atoms with Crippen molar-refractivity contribution in [2.75, 3.05) is 11.9 Å². The number of carbonyl (C=O) groups excluding carboxylic acids is 2. The number of aliphatic imine (C=N–C) groups is 1. The summed E-state index contributed by atoms with van der Waals surface area (Å²) < 4.78 is 1.10. The second-order valence-electron chi connectivity index (χ2n) is 4.13. The average molecular weight is 403 g/mol. The molecule has 1 aromatic carbocycles. The lowest BCUT2D eigenvalue weighted by atomic mass is 10.2. The van der Waals surface area contributed by atoms with Gasteiger partial charge in [-0.05, 0) is 53.8 Å². The van der Waals surface area contributed by atoms with Gasteiger partial charge in [0.25, 0.3) is 0 Å². The molecule has 0 bridgehead atoms. The van der Waals surface area contributed by atoms with Crippen LogP contribution >= 0.6 is 34.4 Å². The van der Waals surface area contributed by atoms with E-state index >= 15 is 0 Å². The summed E-state index contributed by atoms with van der Waals surface area (Å²) in [6.45, 7) is 2.51. The highest BCUT2D eigenvalue weighted by Gasteiger charge is 2.31. The number of rotatable bonds is 4. The second kappa shape index (κ2) is 7.07. The number of thioether (sulfide) groups is 1. The number of hydrogen-bond acceptors (Lipinski definition) is 4. The van der Waals surface area contributed by atoms with Gasteiger partial charge in [-0.1, -0.05) is 11.8 Å². The Morgan fingerprint density at radius 2 is 2.15 bits per heavy atom. The van der Waals surface area contributed by atoms with E-state index in [1.165, 1.54) is 11.8 Å². The van der Waals surface area contributed by atoms with Gasteiger partial charge in [-0.2, -0.15) is 0 Å². The number of nitrogens with one attached hydrogen (secondary N) is 2. The summed E-state index contributed by atoms with van der Waals surface area (Å²) in [7, 11) is 0. The van der Waals surface area contributed by atoms with Crippen molar-refractivity contribution in [2.24, 2.45) is 4.99 Å². The van der Waals surface area contributed by atoms with Crippen LogP contribution < -0.4 is 10.6 Å². The molecule has 1 fully saturated rings. The fraction of sp³-hybridized carbons (Fsp3) is 0.308. The van der Waals surface area contributed by atoms with E-state index in [2.05, 4.69) is 38.2 Å². The van der Waals surface area contributed by atoms with E-state index in [0.717, 1.165) is 9.26 Å². The number of nitrogens with zero attached hydrogens (tertiary/aromatic N) is 1. The van der Waals surface area contributed by atoms with Crippen molar-refractivity contribution in [2.45, 2.75) is 18.6 Å². The van der Waals surface area contributed by atoms with Gasteiger partial charge in [-0.25, -0.2) is 0 Å².